The highest BCUT2D eigenvalue weighted by atomic mass is 32.1. The van der Waals surface area contributed by atoms with E-state index in [4.69, 9.17) is 28.4 Å². The van der Waals surface area contributed by atoms with E-state index in [1.165, 1.54) is 32.7 Å². The van der Waals surface area contributed by atoms with Crippen LogP contribution in [0.2, 0.25) is 0 Å². The Hall–Kier alpha value is -4.71. The molecule has 6 rings (SSSR count). The first-order valence-electron chi connectivity index (χ1n) is 13.2. The van der Waals surface area contributed by atoms with Gasteiger partial charge in [0.25, 0.3) is 0 Å². The normalized spacial score (nSPS) is 17.7. The Bertz CT molecular complexity index is 1650. The van der Waals surface area contributed by atoms with Crippen molar-refractivity contribution >= 4 is 44.2 Å². The molecular weight excluding hydrogens is 562 g/mol. The number of piperidine rings is 1. The van der Waals surface area contributed by atoms with E-state index in [2.05, 4.69) is 10.3 Å². The second-order valence-corrected chi connectivity index (χ2v) is 10.7. The minimum atomic E-state index is -0.713. The first-order chi connectivity index (χ1) is 20.4. The highest BCUT2D eigenvalue weighted by Gasteiger charge is 2.43. The first-order valence-corrected chi connectivity index (χ1v) is 14.0. The number of rotatable bonds is 8. The topological polar surface area (TPSA) is 118 Å². The molecule has 2 amide bonds. The molecule has 3 heterocycles. The maximum atomic E-state index is 14.0. The fraction of sp³-hybridized carbons (Fsp3) is 0.300. The number of methoxy groups -OCH3 is 4. The van der Waals surface area contributed by atoms with E-state index >= 15 is 0 Å². The maximum absolute atomic E-state index is 14.0. The Morgan fingerprint density at radius 1 is 0.952 bits per heavy atom. The summed E-state index contributed by atoms with van der Waals surface area (Å²) in [4.78, 5) is 33.9. The van der Waals surface area contributed by atoms with Crippen molar-refractivity contribution in [2.24, 2.45) is 5.92 Å². The van der Waals surface area contributed by atoms with Crippen LogP contribution in [-0.2, 0) is 9.59 Å². The lowest BCUT2D eigenvalue weighted by Crippen LogP contribution is -2.47. The largest absolute Gasteiger partial charge is 0.497 e. The van der Waals surface area contributed by atoms with E-state index < -0.39 is 12.0 Å². The van der Waals surface area contributed by atoms with E-state index in [0.717, 1.165) is 10.2 Å². The molecule has 0 unspecified atom stereocenters. The van der Waals surface area contributed by atoms with Crippen molar-refractivity contribution in [3.05, 3.63) is 54.1 Å². The van der Waals surface area contributed by atoms with Gasteiger partial charge in [-0.1, -0.05) is 11.3 Å². The summed E-state index contributed by atoms with van der Waals surface area (Å²) in [7, 11) is 6.17. The van der Waals surface area contributed by atoms with E-state index in [0.29, 0.717) is 57.3 Å². The third kappa shape index (κ3) is 4.87. The molecule has 0 spiro atoms. The molecule has 1 aromatic heterocycles. The zero-order valence-corrected chi connectivity index (χ0v) is 24.3. The van der Waals surface area contributed by atoms with Gasteiger partial charge in [0.15, 0.2) is 28.1 Å². The fourth-order valence-electron chi connectivity index (χ4n) is 5.44. The zero-order chi connectivity index (χ0) is 29.4. The molecule has 11 nitrogen and oxygen atoms in total. The number of anilines is 2. The average Bonchev–Trinajstić information content (AvgIpc) is 3.65. The fourth-order valence-corrected chi connectivity index (χ4v) is 6.34. The Morgan fingerprint density at radius 3 is 2.43 bits per heavy atom. The molecule has 42 heavy (non-hydrogen) atoms. The number of amides is 2. The summed E-state index contributed by atoms with van der Waals surface area (Å²) in [5.74, 6) is 2.02. The quantitative estimate of drug-likeness (QED) is 0.296. The molecule has 0 saturated carbocycles. The van der Waals surface area contributed by atoms with Gasteiger partial charge >= 0.3 is 0 Å². The van der Waals surface area contributed by atoms with Gasteiger partial charge in [0, 0.05) is 18.2 Å². The molecule has 2 atom stereocenters. The number of aromatic nitrogens is 1. The maximum Gasteiger partial charge on any atom is 0.231 e. The Morgan fingerprint density at radius 2 is 1.71 bits per heavy atom. The number of ether oxygens (including phenoxy) is 6. The molecule has 4 aromatic rings. The Labute approximate surface area is 245 Å². The van der Waals surface area contributed by atoms with Crippen LogP contribution in [0.5, 0.6) is 34.5 Å². The average molecular weight is 592 g/mol. The second kappa shape index (κ2) is 11.3. The van der Waals surface area contributed by atoms with E-state index in [9.17, 15) is 9.59 Å². The summed E-state index contributed by atoms with van der Waals surface area (Å²) in [6.07, 6.45) is 0.496. The third-order valence-electron chi connectivity index (χ3n) is 7.42. The number of hydrogen-bond acceptors (Lipinski definition) is 10. The van der Waals surface area contributed by atoms with Crippen molar-refractivity contribution in [3.63, 3.8) is 0 Å². The van der Waals surface area contributed by atoms with Crippen LogP contribution in [0.1, 0.15) is 24.4 Å². The molecule has 218 valence electrons. The minimum absolute atomic E-state index is 0.0993. The third-order valence-corrected chi connectivity index (χ3v) is 8.36. The molecule has 12 heteroatoms. The molecule has 0 aliphatic carbocycles. The van der Waals surface area contributed by atoms with Gasteiger partial charge in [0.05, 0.1) is 50.6 Å². The Balaban J connectivity index is 1.43. The molecular formula is C30H29N3O8S. The molecule has 3 aromatic carbocycles. The summed E-state index contributed by atoms with van der Waals surface area (Å²) in [5.41, 5.74) is 1.97. The smallest absolute Gasteiger partial charge is 0.231 e. The molecule has 1 saturated heterocycles. The van der Waals surface area contributed by atoms with Crippen LogP contribution in [-0.4, -0.2) is 52.0 Å². The second-order valence-electron chi connectivity index (χ2n) is 9.69. The lowest BCUT2D eigenvalue weighted by atomic mass is 9.83. The molecule has 0 radical (unpaired) electrons. The Kier molecular flexibility index (Phi) is 7.38. The minimum Gasteiger partial charge on any atom is -0.497 e. The van der Waals surface area contributed by atoms with Crippen LogP contribution in [0.15, 0.2) is 48.5 Å². The van der Waals surface area contributed by atoms with Crippen LogP contribution in [0, 0.1) is 5.92 Å². The summed E-state index contributed by atoms with van der Waals surface area (Å²) in [5, 5.41) is 3.46. The van der Waals surface area contributed by atoms with Gasteiger partial charge in [0.1, 0.15) is 5.75 Å². The van der Waals surface area contributed by atoms with Gasteiger partial charge in [-0.2, -0.15) is 0 Å². The van der Waals surface area contributed by atoms with Crippen LogP contribution in [0.4, 0.5) is 10.8 Å². The number of nitrogens with one attached hydrogen (secondary N) is 1. The van der Waals surface area contributed by atoms with Gasteiger partial charge in [0.2, 0.25) is 24.4 Å². The van der Waals surface area contributed by atoms with Crippen LogP contribution in [0.25, 0.3) is 10.2 Å². The predicted molar refractivity (Wildman–Crippen MR) is 156 cm³/mol. The van der Waals surface area contributed by atoms with Gasteiger partial charge in [-0.3, -0.25) is 9.59 Å². The molecule has 1 fully saturated rings. The van der Waals surface area contributed by atoms with E-state index in [-0.39, 0.29) is 25.0 Å². The lowest BCUT2D eigenvalue weighted by molar-refractivity contribution is -0.125. The van der Waals surface area contributed by atoms with Crippen molar-refractivity contribution in [2.45, 2.75) is 18.9 Å². The monoisotopic (exact) mass is 591 g/mol. The summed E-state index contributed by atoms with van der Waals surface area (Å²) in [6.45, 7) is 0.0993. The standard InChI is InChI=1S/C30H29N3O8S/c1-36-18-6-8-20-25(14-18)42-30(31-20)32-29(35)19-7-10-26(34)33(17-5-9-21-22(13-17)41-15-40-21)27(19)16-11-23(37-2)28(39-4)24(12-16)38-3/h5-6,8-9,11-14,19,27H,7,10,15H2,1-4H3,(H,31,32,35)/t19-,27-/m1/s1. The van der Waals surface area contributed by atoms with Crippen molar-refractivity contribution in [1.82, 2.24) is 4.98 Å². The lowest BCUT2D eigenvalue weighted by Gasteiger charge is -2.41. The number of carbonyl (C=O) groups is 2. The van der Waals surface area contributed by atoms with E-state index in [1.807, 2.05) is 18.2 Å². The summed E-state index contributed by atoms with van der Waals surface area (Å²) < 4.78 is 34.0. The van der Waals surface area contributed by atoms with Gasteiger partial charge in [-0.05, 0) is 54.4 Å². The highest BCUT2D eigenvalue weighted by Crippen LogP contribution is 2.47. The molecule has 2 aliphatic heterocycles. The van der Waals surface area contributed by atoms with Gasteiger partial charge in [-0.25, -0.2) is 4.98 Å². The molecule has 2 aliphatic rings. The molecule has 1 N–H and O–H groups in total. The number of carbonyl (C=O) groups excluding carboxylic acids is 2. The summed E-state index contributed by atoms with van der Waals surface area (Å²) in [6, 6.07) is 13.7. The first kappa shape index (κ1) is 27.5. The number of benzene rings is 3. The van der Waals surface area contributed by atoms with Crippen LogP contribution < -0.4 is 38.6 Å². The van der Waals surface area contributed by atoms with Crippen LogP contribution in [0.3, 0.4) is 0 Å². The predicted octanol–water partition coefficient (Wildman–Crippen LogP) is 5.18. The molecule has 0 bridgehead atoms. The van der Waals surface area contributed by atoms with Gasteiger partial charge in [-0.15, -0.1) is 0 Å². The highest BCUT2D eigenvalue weighted by molar-refractivity contribution is 7.22. The van der Waals surface area contributed by atoms with Crippen molar-refractivity contribution < 1.29 is 38.0 Å². The number of thiazole rings is 1. The SMILES string of the molecule is COc1ccc2nc(NC(=O)[C@@H]3CCC(=O)N(c4ccc5c(c4)OCO5)[C@@H]3c3cc(OC)c(OC)c(OC)c3)sc2c1. The van der Waals surface area contributed by atoms with E-state index in [1.54, 1.807) is 42.3 Å². The van der Waals surface area contributed by atoms with Crippen molar-refractivity contribution in [3.8, 4) is 34.5 Å². The number of hydrogen-bond donors (Lipinski definition) is 1. The summed E-state index contributed by atoms with van der Waals surface area (Å²) >= 11 is 1.35. The zero-order valence-electron chi connectivity index (χ0n) is 23.5. The van der Waals surface area contributed by atoms with Crippen molar-refractivity contribution in [1.29, 1.82) is 0 Å². The van der Waals surface area contributed by atoms with Gasteiger partial charge < -0.3 is 38.6 Å². The van der Waals surface area contributed by atoms with Crippen LogP contribution >= 0.6 is 11.3 Å². The number of fused-ring (bicyclic) bond motifs is 2. The van der Waals surface area contributed by atoms with Crippen molar-refractivity contribution in [2.75, 3.05) is 45.4 Å². The number of nitrogens with zero attached hydrogens (tertiary/aromatic N) is 2.